The van der Waals surface area contributed by atoms with Crippen LogP contribution in [0.3, 0.4) is 0 Å². The minimum Gasteiger partial charge on any atom is -0.479 e. The summed E-state index contributed by atoms with van der Waals surface area (Å²) in [6.45, 7) is 1.01. The maximum atomic E-state index is 11.6. The standard InChI is InChI=1S/C15H20N2O4/c16-9-13(18)17-8-4-7-12(10-17)21-14(15(19)20)11-5-2-1-3-6-11/h1-3,5-6,12,14H,4,7-10,16H2,(H,19,20). The summed E-state index contributed by atoms with van der Waals surface area (Å²) in [6.07, 6.45) is 0.238. The summed E-state index contributed by atoms with van der Waals surface area (Å²) in [5.41, 5.74) is 5.97. The van der Waals surface area contributed by atoms with Crippen LogP contribution in [0.15, 0.2) is 30.3 Å². The summed E-state index contributed by atoms with van der Waals surface area (Å²) < 4.78 is 5.73. The van der Waals surface area contributed by atoms with Crippen molar-refractivity contribution >= 4 is 11.9 Å². The molecule has 6 nitrogen and oxygen atoms in total. The van der Waals surface area contributed by atoms with Crippen molar-refractivity contribution in [1.82, 2.24) is 4.90 Å². The molecule has 0 bridgehead atoms. The van der Waals surface area contributed by atoms with Crippen LogP contribution in [0, 0.1) is 0 Å². The van der Waals surface area contributed by atoms with Gasteiger partial charge in [-0.2, -0.15) is 0 Å². The molecule has 0 saturated carbocycles. The Balaban J connectivity index is 2.04. The van der Waals surface area contributed by atoms with Crippen LogP contribution in [0.5, 0.6) is 0 Å². The largest absolute Gasteiger partial charge is 0.479 e. The van der Waals surface area contributed by atoms with Crippen LogP contribution >= 0.6 is 0 Å². The van der Waals surface area contributed by atoms with Gasteiger partial charge in [0, 0.05) is 13.1 Å². The van der Waals surface area contributed by atoms with Gasteiger partial charge in [-0.25, -0.2) is 4.79 Å². The van der Waals surface area contributed by atoms with Gasteiger partial charge in [0.05, 0.1) is 12.6 Å². The van der Waals surface area contributed by atoms with Crippen LogP contribution in [-0.4, -0.2) is 47.6 Å². The molecular formula is C15H20N2O4. The maximum absolute atomic E-state index is 11.6. The van der Waals surface area contributed by atoms with E-state index >= 15 is 0 Å². The molecule has 2 rings (SSSR count). The Kier molecular flexibility index (Phi) is 5.30. The molecular weight excluding hydrogens is 272 g/mol. The maximum Gasteiger partial charge on any atom is 0.337 e. The number of amides is 1. The highest BCUT2D eigenvalue weighted by Crippen LogP contribution is 2.23. The minimum atomic E-state index is -1.02. The van der Waals surface area contributed by atoms with E-state index in [1.165, 1.54) is 0 Å². The first kappa shape index (κ1) is 15.5. The van der Waals surface area contributed by atoms with Gasteiger partial charge >= 0.3 is 5.97 Å². The molecule has 114 valence electrons. The van der Waals surface area contributed by atoms with Gasteiger partial charge in [0.25, 0.3) is 0 Å². The lowest BCUT2D eigenvalue weighted by Crippen LogP contribution is -2.46. The molecule has 0 aliphatic carbocycles. The van der Waals surface area contributed by atoms with Crippen molar-refractivity contribution in [3.63, 3.8) is 0 Å². The zero-order valence-corrected chi connectivity index (χ0v) is 11.8. The van der Waals surface area contributed by atoms with Crippen molar-refractivity contribution in [2.45, 2.75) is 25.0 Å². The second kappa shape index (κ2) is 7.19. The fourth-order valence-electron chi connectivity index (χ4n) is 2.50. The third-order valence-electron chi connectivity index (χ3n) is 3.56. The number of carbonyl (C=O) groups is 2. The number of benzene rings is 1. The molecule has 1 aromatic rings. The van der Waals surface area contributed by atoms with E-state index in [9.17, 15) is 14.7 Å². The first-order chi connectivity index (χ1) is 10.1. The third kappa shape index (κ3) is 4.03. The van der Waals surface area contributed by atoms with Crippen molar-refractivity contribution in [2.75, 3.05) is 19.6 Å². The quantitative estimate of drug-likeness (QED) is 0.836. The van der Waals surface area contributed by atoms with Crippen LogP contribution in [0.25, 0.3) is 0 Å². The Morgan fingerprint density at radius 2 is 2.10 bits per heavy atom. The number of carboxylic acid groups (broad SMARTS) is 1. The summed E-state index contributed by atoms with van der Waals surface area (Å²) in [4.78, 5) is 24.7. The number of ether oxygens (including phenoxy) is 1. The van der Waals surface area contributed by atoms with Gasteiger partial charge in [0.1, 0.15) is 0 Å². The third-order valence-corrected chi connectivity index (χ3v) is 3.56. The van der Waals surface area contributed by atoms with Crippen molar-refractivity contribution in [1.29, 1.82) is 0 Å². The van der Waals surface area contributed by atoms with Gasteiger partial charge in [0.2, 0.25) is 5.91 Å². The molecule has 1 aliphatic rings. The molecule has 0 aromatic heterocycles. The summed E-state index contributed by atoms with van der Waals surface area (Å²) in [6, 6.07) is 8.83. The van der Waals surface area contributed by atoms with Gasteiger partial charge in [-0.1, -0.05) is 30.3 Å². The van der Waals surface area contributed by atoms with Crippen molar-refractivity contribution in [3.05, 3.63) is 35.9 Å². The zero-order chi connectivity index (χ0) is 15.2. The highest BCUT2D eigenvalue weighted by molar-refractivity contribution is 5.78. The molecule has 3 N–H and O–H groups in total. The van der Waals surface area contributed by atoms with Crippen LogP contribution in [0.1, 0.15) is 24.5 Å². The number of carboxylic acids is 1. The fourth-order valence-corrected chi connectivity index (χ4v) is 2.50. The van der Waals surface area contributed by atoms with Crippen LogP contribution in [0.2, 0.25) is 0 Å². The number of aliphatic carboxylic acids is 1. The van der Waals surface area contributed by atoms with E-state index < -0.39 is 12.1 Å². The molecule has 0 radical (unpaired) electrons. The van der Waals surface area contributed by atoms with Crippen molar-refractivity contribution in [3.8, 4) is 0 Å². The Morgan fingerprint density at radius 1 is 1.38 bits per heavy atom. The molecule has 6 heteroatoms. The normalized spacial score (nSPS) is 20.0. The van der Waals surface area contributed by atoms with E-state index in [1.54, 1.807) is 29.2 Å². The first-order valence-corrected chi connectivity index (χ1v) is 7.03. The lowest BCUT2D eigenvalue weighted by molar-refractivity contribution is -0.158. The zero-order valence-electron chi connectivity index (χ0n) is 11.8. The van der Waals surface area contributed by atoms with E-state index in [0.717, 1.165) is 12.8 Å². The second-order valence-electron chi connectivity index (χ2n) is 5.07. The number of hydrogen-bond donors (Lipinski definition) is 2. The molecule has 1 aliphatic heterocycles. The molecule has 1 saturated heterocycles. The summed E-state index contributed by atoms with van der Waals surface area (Å²) in [5, 5.41) is 9.35. The van der Waals surface area contributed by atoms with E-state index in [0.29, 0.717) is 18.7 Å². The average molecular weight is 292 g/mol. The predicted molar refractivity (Wildman–Crippen MR) is 76.6 cm³/mol. The highest BCUT2D eigenvalue weighted by Gasteiger charge is 2.29. The van der Waals surface area contributed by atoms with Crippen molar-refractivity contribution < 1.29 is 19.4 Å². The number of nitrogens with two attached hydrogens (primary N) is 1. The molecule has 1 aromatic carbocycles. The predicted octanol–water partition coefficient (Wildman–Crippen LogP) is 0.779. The number of nitrogens with zero attached hydrogens (tertiary/aromatic N) is 1. The average Bonchev–Trinajstić information content (AvgIpc) is 2.52. The Labute approximate surface area is 123 Å². The number of hydrogen-bond acceptors (Lipinski definition) is 4. The molecule has 1 heterocycles. The monoisotopic (exact) mass is 292 g/mol. The molecule has 1 fully saturated rings. The van der Waals surface area contributed by atoms with Crippen LogP contribution < -0.4 is 5.73 Å². The highest BCUT2D eigenvalue weighted by atomic mass is 16.5. The fraction of sp³-hybridized carbons (Fsp3) is 0.467. The molecule has 0 spiro atoms. The van der Waals surface area contributed by atoms with E-state index in [-0.39, 0.29) is 18.6 Å². The Hall–Kier alpha value is -1.92. The van der Waals surface area contributed by atoms with Crippen molar-refractivity contribution in [2.24, 2.45) is 5.73 Å². The van der Waals surface area contributed by atoms with E-state index in [4.69, 9.17) is 10.5 Å². The molecule has 2 unspecified atom stereocenters. The minimum absolute atomic E-state index is 0.0340. The number of carbonyl (C=O) groups excluding carboxylic acids is 1. The summed E-state index contributed by atoms with van der Waals surface area (Å²) in [7, 11) is 0. The summed E-state index contributed by atoms with van der Waals surface area (Å²) >= 11 is 0. The van der Waals surface area contributed by atoms with Gasteiger partial charge in [-0.3, -0.25) is 4.79 Å². The Bertz CT molecular complexity index is 492. The van der Waals surface area contributed by atoms with Gasteiger partial charge in [-0.15, -0.1) is 0 Å². The second-order valence-corrected chi connectivity index (χ2v) is 5.07. The van der Waals surface area contributed by atoms with Gasteiger partial charge in [0.15, 0.2) is 6.10 Å². The Morgan fingerprint density at radius 3 is 2.71 bits per heavy atom. The van der Waals surface area contributed by atoms with Crippen LogP contribution in [0.4, 0.5) is 0 Å². The molecule has 1 amide bonds. The SMILES string of the molecule is NCC(=O)N1CCCC(OC(C(=O)O)c2ccccc2)C1. The van der Waals surface area contributed by atoms with Crippen LogP contribution in [-0.2, 0) is 14.3 Å². The van der Waals surface area contributed by atoms with E-state index in [2.05, 4.69) is 0 Å². The molecule has 2 atom stereocenters. The lowest BCUT2D eigenvalue weighted by Gasteiger charge is -2.33. The molecule has 21 heavy (non-hydrogen) atoms. The number of piperidine rings is 1. The van der Waals surface area contributed by atoms with Gasteiger partial charge < -0.3 is 20.5 Å². The smallest absolute Gasteiger partial charge is 0.337 e. The number of likely N-dealkylation sites (tertiary alicyclic amines) is 1. The first-order valence-electron chi connectivity index (χ1n) is 7.03. The number of rotatable bonds is 5. The topological polar surface area (TPSA) is 92.9 Å². The van der Waals surface area contributed by atoms with E-state index in [1.807, 2.05) is 6.07 Å². The summed E-state index contributed by atoms with van der Waals surface area (Å²) in [5.74, 6) is -1.15. The lowest BCUT2D eigenvalue weighted by atomic mass is 10.1. The van der Waals surface area contributed by atoms with Gasteiger partial charge in [-0.05, 0) is 18.4 Å².